The third-order valence-electron chi connectivity index (χ3n) is 3.96. The minimum atomic E-state index is -0.475. The molecule has 0 saturated carbocycles. The molecule has 2 heterocycles. The molecule has 9 nitrogen and oxygen atoms in total. The van der Waals surface area contributed by atoms with Crippen molar-refractivity contribution in [3.63, 3.8) is 0 Å². The summed E-state index contributed by atoms with van der Waals surface area (Å²) >= 11 is 1.38. The van der Waals surface area contributed by atoms with Gasteiger partial charge in [0.15, 0.2) is 5.13 Å². The number of rotatable bonds is 7. The second-order valence-corrected chi connectivity index (χ2v) is 6.80. The summed E-state index contributed by atoms with van der Waals surface area (Å²) in [6.45, 7) is 2.85. The van der Waals surface area contributed by atoms with Crippen LogP contribution in [0.3, 0.4) is 0 Å². The van der Waals surface area contributed by atoms with E-state index in [0.717, 1.165) is 29.5 Å². The Hall–Kier alpha value is -2.69. The number of hydrazine groups is 1. The predicted octanol–water partition coefficient (Wildman–Crippen LogP) is 0.966. The van der Waals surface area contributed by atoms with Crippen LogP contribution in [0.5, 0.6) is 5.75 Å². The van der Waals surface area contributed by atoms with E-state index in [1.807, 2.05) is 24.3 Å². The van der Waals surface area contributed by atoms with Gasteiger partial charge in [-0.25, -0.2) is 4.98 Å². The molecule has 150 valence electrons. The van der Waals surface area contributed by atoms with Gasteiger partial charge in [0.2, 0.25) is 0 Å². The van der Waals surface area contributed by atoms with Gasteiger partial charge in [-0.2, -0.15) is 0 Å². The van der Waals surface area contributed by atoms with Crippen LogP contribution in [0.1, 0.15) is 16.1 Å². The quantitative estimate of drug-likeness (QED) is 0.661. The number of aromatic nitrogens is 1. The number of hydrogen-bond donors (Lipinski definition) is 2. The second kappa shape index (κ2) is 10.0. The number of hydrogen-bond acceptors (Lipinski definition) is 8. The molecule has 1 saturated heterocycles. The Balaban J connectivity index is 1.39. The number of carbonyl (C=O) groups excluding carboxylic acids is 2. The SMILES string of the molecule is COc1cccc(COCC(=O)NNC(=O)c2csc(N3CCOCC3)n2)c1. The average molecular weight is 406 g/mol. The van der Waals surface area contributed by atoms with Crippen LogP contribution in [-0.4, -0.2) is 56.8 Å². The molecule has 2 aromatic rings. The van der Waals surface area contributed by atoms with Gasteiger partial charge in [0.1, 0.15) is 18.1 Å². The first-order valence-corrected chi connectivity index (χ1v) is 9.62. The van der Waals surface area contributed by atoms with Crippen molar-refractivity contribution in [1.82, 2.24) is 15.8 Å². The number of anilines is 1. The highest BCUT2D eigenvalue weighted by atomic mass is 32.1. The number of amides is 2. The van der Waals surface area contributed by atoms with E-state index < -0.39 is 11.8 Å². The first kappa shape index (κ1) is 20.1. The smallest absolute Gasteiger partial charge is 0.289 e. The molecule has 2 N–H and O–H groups in total. The highest BCUT2D eigenvalue weighted by Crippen LogP contribution is 2.21. The summed E-state index contributed by atoms with van der Waals surface area (Å²) < 4.78 is 15.8. The molecule has 1 aromatic heterocycles. The van der Waals surface area contributed by atoms with E-state index in [9.17, 15) is 9.59 Å². The van der Waals surface area contributed by atoms with E-state index in [4.69, 9.17) is 14.2 Å². The first-order valence-electron chi connectivity index (χ1n) is 8.74. The van der Waals surface area contributed by atoms with Crippen molar-refractivity contribution in [2.45, 2.75) is 6.61 Å². The zero-order valence-corrected chi connectivity index (χ0v) is 16.3. The third kappa shape index (κ3) is 5.65. The molecule has 0 aliphatic carbocycles. The molecule has 1 aliphatic heterocycles. The van der Waals surface area contributed by atoms with Crippen LogP contribution in [-0.2, 0) is 20.9 Å². The zero-order chi connectivity index (χ0) is 19.8. The fraction of sp³-hybridized carbons (Fsp3) is 0.389. The number of nitrogens with one attached hydrogen (secondary N) is 2. The van der Waals surface area contributed by atoms with E-state index in [1.165, 1.54) is 11.3 Å². The van der Waals surface area contributed by atoms with Crippen LogP contribution in [0.15, 0.2) is 29.6 Å². The van der Waals surface area contributed by atoms with Crippen molar-refractivity contribution in [3.05, 3.63) is 40.9 Å². The fourth-order valence-electron chi connectivity index (χ4n) is 2.52. The Morgan fingerprint density at radius 2 is 2.11 bits per heavy atom. The Morgan fingerprint density at radius 3 is 2.89 bits per heavy atom. The van der Waals surface area contributed by atoms with Crippen molar-refractivity contribution in [2.24, 2.45) is 0 Å². The molecule has 1 fully saturated rings. The predicted molar refractivity (Wildman–Crippen MR) is 103 cm³/mol. The molecule has 0 spiro atoms. The Morgan fingerprint density at radius 1 is 1.29 bits per heavy atom. The van der Waals surface area contributed by atoms with Gasteiger partial charge in [-0.05, 0) is 17.7 Å². The van der Waals surface area contributed by atoms with Crippen molar-refractivity contribution in [3.8, 4) is 5.75 Å². The second-order valence-electron chi connectivity index (χ2n) is 5.96. The van der Waals surface area contributed by atoms with Crippen molar-refractivity contribution < 1.29 is 23.8 Å². The van der Waals surface area contributed by atoms with Crippen LogP contribution in [0.25, 0.3) is 0 Å². The lowest BCUT2D eigenvalue weighted by molar-refractivity contribution is -0.126. The number of methoxy groups -OCH3 is 1. The molecule has 0 bridgehead atoms. The van der Waals surface area contributed by atoms with Gasteiger partial charge in [-0.1, -0.05) is 12.1 Å². The van der Waals surface area contributed by atoms with Crippen molar-refractivity contribution >= 4 is 28.3 Å². The summed E-state index contributed by atoms with van der Waals surface area (Å²) in [6.07, 6.45) is 0. The summed E-state index contributed by atoms with van der Waals surface area (Å²) in [5.41, 5.74) is 5.80. The van der Waals surface area contributed by atoms with Gasteiger partial charge in [-0.15, -0.1) is 11.3 Å². The summed E-state index contributed by atoms with van der Waals surface area (Å²) in [5.74, 6) is -0.214. The average Bonchev–Trinajstić information content (AvgIpc) is 3.23. The number of nitrogens with zero attached hydrogens (tertiary/aromatic N) is 2. The van der Waals surface area contributed by atoms with Crippen LogP contribution in [0, 0.1) is 0 Å². The molecule has 1 aliphatic rings. The number of benzene rings is 1. The minimum absolute atomic E-state index is 0.187. The van der Waals surface area contributed by atoms with Crippen LogP contribution < -0.4 is 20.5 Å². The zero-order valence-electron chi connectivity index (χ0n) is 15.5. The lowest BCUT2D eigenvalue weighted by atomic mass is 10.2. The van der Waals surface area contributed by atoms with Crippen molar-refractivity contribution in [2.75, 3.05) is 44.9 Å². The minimum Gasteiger partial charge on any atom is -0.497 e. The van der Waals surface area contributed by atoms with Gasteiger partial charge in [-0.3, -0.25) is 20.4 Å². The number of morpholine rings is 1. The molecule has 2 amide bonds. The molecular weight excluding hydrogens is 384 g/mol. The fourth-order valence-corrected chi connectivity index (χ4v) is 3.38. The lowest BCUT2D eigenvalue weighted by Gasteiger charge is -2.25. The summed E-state index contributed by atoms with van der Waals surface area (Å²) in [6, 6.07) is 7.37. The molecule has 28 heavy (non-hydrogen) atoms. The molecule has 0 radical (unpaired) electrons. The normalized spacial score (nSPS) is 13.8. The summed E-state index contributed by atoms with van der Waals surface area (Å²) in [5, 5.41) is 2.42. The summed E-state index contributed by atoms with van der Waals surface area (Å²) in [4.78, 5) is 30.3. The lowest BCUT2D eigenvalue weighted by Crippen LogP contribution is -2.43. The van der Waals surface area contributed by atoms with E-state index in [2.05, 4.69) is 20.7 Å². The van der Waals surface area contributed by atoms with Gasteiger partial charge >= 0.3 is 0 Å². The Bertz CT molecular complexity index is 807. The van der Waals surface area contributed by atoms with E-state index in [-0.39, 0.29) is 18.9 Å². The van der Waals surface area contributed by atoms with E-state index in [1.54, 1.807) is 12.5 Å². The van der Waals surface area contributed by atoms with E-state index >= 15 is 0 Å². The Labute approximate surface area is 166 Å². The molecule has 1 aromatic carbocycles. The summed E-state index contributed by atoms with van der Waals surface area (Å²) in [7, 11) is 1.59. The highest BCUT2D eigenvalue weighted by Gasteiger charge is 2.17. The molecule has 0 unspecified atom stereocenters. The van der Waals surface area contributed by atoms with Gasteiger partial charge in [0.25, 0.3) is 11.8 Å². The van der Waals surface area contributed by atoms with Crippen LogP contribution in [0.4, 0.5) is 5.13 Å². The maximum Gasteiger partial charge on any atom is 0.289 e. The topological polar surface area (TPSA) is 102 Å². The van der Waals surface area contributed by atoms with Crippen LogP contribution in [0.2, 0.25) is 0 Å². The monoisotopic (exact) mass is 406 g/mol. The largest absolute Gasteiger partial charge is 0.497 e. The van der Waals surface area contributed by atoms with Crippen molar-refractivity contribution in [1.29, 1.82) is 0 Å². The molecule has 3 rings (SSSR count). The third-order valence-corrected chi connectivity index (χ3v) is 4.86. The maximum atomic E-state index is 12.1. The maximum absolute atomic E-state index is 12.1. The van der Waals surface area contributed by atoms with Gasteiger partial charge < -0.3 is 19.1 Å². The number of thiazole rings is 1. The standard InChI is InChI=1S/C18H22N4O5S/c1-25-14-4-2-3-13(9-14)10-27-11-16(23)20-21-17(24)15-12-28-18(19-15)22-5-7-26-8-6-22/h2-4,9,12H,5-8,10-11H2,1H3,(H,20,23)(H,21,24). The highest BCUT2D eigenvalue weighted by molar-refractivity contribution is 7.13. The first-order chi connectivity index (χ1) is 13.7. The number of ether oxygens (including phenoxy) is 3. The van der Waals surface area contributed by atoms with Gasteiger partial charge in [0.05, 0.1) is 26.9 Å². The molecule has 10 heteroatoms. The van der Waals surface area contributed by atoms with E-state index in [0.29, 0.717) is 13.2 Å². The molecular formula is C18H22N4O5S. The molecule has 0 atom stereocenters. The number of carbonyl (C=O) groups is 2. The van der Waals surface area contributed by atoms with Crippen LogP contribution >= 0.6 is 11.3 Å². The Kier molecular flexibility index (Phi) is 7.18. The van der Waals surface area contributed by atoms with Gasteiger partial charge in [0, 0.05) is 18.5 Å².